The summed E-state index contributed by atoms with van der Waals surface area (Å²) >= 11 is 18.3. The van der Waals surface area contributed by atoms with Crippen LogP contribution in [0, 0.1) is 0 Å². The zero-order chi connectivity index (χ0) is 24.5. The molecule has 0 bridgehead atoms. The molecule has 0 radical (unpaired) electrons. The largest absolute Gasteiger partial charge is 0.391 e. The van der Waals surface area contributed by atoms with Crippen molar-refractivity contribution in [1.29, 1.82) is 0 Å². The van der Waals surface area contributed by atoms with Crippen molar-refractivity contribution in [3.63, 3.8) is 0 Å². The molecule has 3 aromatic rings. The fraction of sp³-hybridized carbons (Fsp3) is 0.160. The molecule has 0 saturated carbocycles. The van der Waals surface area contributed by atoms with Crippen LogP contribution in [0.25, 0.3) is 0 Å². The van der Waals surface area contributed by atoms with Gasteiger partial charge < -0.3 is 10.2 Å². The number of halogens is 3. The molecule has 0 aliphatic rings. The predicted octanol–water partition coefficient (Wildman–Crippen LogP) is 7.33. The van der Waals surface area contributed by atoms with Gasteiger partial charge in [0.1, 0.15) is 6.61 Å². The number of hydrogen-bond acceptors (Lipinski definition) is 4. The van der Waals surface area contributed by atoms with Crippen LogP contribution in [-0.2, 0) is 11.4 Å². The molecule has 3 amide bonds. The Bertz CT molecular complexity index is 1200. The van der Waals surface area contributed by atoms with E-state index in [0.717, 1.165) is 23.3 Å². The molecular formula is C25H22Cl3N3O3. The smallest absolute Gasteiger partial charge is 0.326 e. The Morgan fingerprint density at radius 1 is 0.912 bits per heavy atom. The summed E-state index contributed by atoms with van der Waals surface area (Å²) in [6.45, 7) is 2.28. The first kappa shape index (κ1) is 25.6. The minimum Gasteiger partial charge on any atom is -0.391 e. The molecule has 0 atom stereocenters. The highest BCUT2D eigenvalue weighted by molar-refractivity contribution is 6.37. The van der Waals surface area contributed by atoms with E-state index in [-0.39, 0.29) is 17.2 Å². The number of amides is 3. The van der Waals surface area contributed by atoms with E-state index in [1.54, 1.807) is 54.6 Å². The Kier molecular flexibility index (Phi) is 9.33. The summed E-state index contributed by atoms with van der Waals surface area (Å²) in [6.07, 6.45) is 1.58. The van der Waals surface area contributed by atoms with E-state index in [4.69, 9.17) is 39.6 Å². The van der Waals surface area contributed by atoms with Crippen LogP contribution in [0.5, 0.6) is 0 Å². The van der Waals surface area contributed by atoms with Gasteiger partial charge in [0.05, 0.1) is 21.3 Å². The lowest BCUT2D eigenvalue weighted by molar-refractivity contribution is 0.0967. The van der Waals surface area contributed by atoms with Crippen molar-refractivity contribution < 1.29 is 14.4 Å². The molecule has 6 nitrogen and oxygen atoms in total. The summed E-state index contributed by atoms with van der Waals surface area (Å²) in [5.41, 5.74) is 3.10. The van der Waals surface area contributed by atoms with Crippen LogP contribution in [0.3, 0.4) is 0 Å². The van der Waals surface area contributed by atoms with Crippen molar-refractivity contribution in [1.82, 2.24) is 5.32 Å². The molecule has 0 spiro atoms. The summed E-state index contributed by atoms with van der Waals surface area (Å²) in [6, 6.07) is 18.1. The van der Waals surface area contributed by atoms with Crippen LogP contribution in [0.1, 0.15) is 41.3 Å². The highest BCUT2D eigenvalue weighted by Gasteiger charge is 2.13. The van der Waals surface area contributed by atoms with Gasteiger partial charge >= 0.3 is 6.03 Å². The lowest BCUT2D eigenvalue weighted by atomic mass is 10.1. The van der Waals surface area contributed by atoms with Gasteiger partial charge in [-0.05, 0) is 48.4 Å². The lowest BCUT2D eigenvalue weighted by Crippen LogP contribution is -2.34. The lowest BCUT2D eigenvalue weighted by Gasteiger charge is -2.10. The summed E-state index contributed by atoms with van der Waals surface area (Å²) in [5, 5.41) is 10.5. The molecule has 2 N–H and O–H groups in total. The SMILES string of the molecule is CCC/C(=N\OCc1ccc(NC(=O)NC(=O)c2ccccc2Cl)cc1)c1ccc(Cl)cc1Cl. The monoisotopic (exact) mass is 517 g/mol. The number of anilines is 1. The Balaban J connectivity index is 1.56. The van der Waals surface area contributed by atoms with Crippen molar-refractivity contribution in [3.8, 4) is 0 Å². The van der Waals surface area contributed by atoms with E-state index in [2.05, 4.69) is 15.8 Å². The minimum absolute atomic E-state index is 0.217. The molecule has 0 fully saturated rings. The molecule has 0 unspecified atom stereocenters. The molecule has 176 valence electrons. The number of imide groups is 1. The number of nitrogens with one attached hydrogen (secondary N) is 2. The van der Waals surface area contributed by atoms with Crippen molar-refractivity contribution in [2.24, 2.45) is 5.16 Å². The van der Waals surface area contributed by atoms with Crippen LogP contribution in [0.15, 0.2) is 71.9 Å². The maximum Gasteiger partial charge on any atom is 0.326 e. The highest BCUT2D eigenvalue weighted by atomic mass is 35.5. The number of carbonyl (C=O) groups is 2. The fourth-order valence-electron chi connectivity index (χ4n) is 3.04. The minimum atomic E-state index is -0.664. The number of benzene rings is 3. The molecule has 0 aliphatic heterocycles. The highest BCUT2D eigenvalue weighted by Crippen LogP contribution is 2.23. The van der Waals surface area contributed by atoms with E-state index in [1.165, 1.54) is 6.07 Å². The molecule has 0 aromatic heterocycles. The molecule has 0 aliphatic carbocycles. The molecule has 3 rings (SSSR count). The quantitative estimate of drug-likeness (QED) is 0.242. The zero-order valence-corrected chi connectivity index (χ0v) is 20.5. The van der Waals surface area contributed by atoms with Gasteiger partial charge in [-0.1, -0.05) is 83.6 Å². The third kappa shape index (κ3) is 7.22. The van der Waals surface area contributed by atoms with Gasteiger partial charge in [0, 0.05) is 16.3 Å². The summed E-state index contributed by atoms with van der Waals surface area (Å²) < 4.78 is 0. The van der Waals surface area contributed by atoms with Crippen LogP contribution >= 0.6 is 34.8 Å². The molecule has 3 aromatic carbocycles. The van der Waals surface area contributed by atoms with Crippen molar-refractivity contribution in [2.45, 2.75) is 26.4 Å². The predicted molar refractivity (Wildman–Crippen MR) is 137 cm³/mol. The number of nitrogens with zero attached hydrogens (tertiary/aromatic N) is 1. The number of carbonyl (C=O) groups excluding carboxylic acids is 2. The Morgan fingerprint density at radius 2 is 1.65 bits per heavy atom. The fourth-order valence-corrected chi connectivity index (χ4v) is 3.78. The Hall–Kier alpha value is -3.06. The molecule has 0 heterocycles. The van der Waals surface area contributed by atoms with Crippen molar-refractivity contribution >= 4 is 58.1 Å². The number of rotatable bonds is 8. The number of urea groups is 1. The van der Waals surface area contributed by atoms with Gasteiger partial charge in [-0.2, -0.15) is 0 Å². The normalized spacial score (nSPS) is 11.1. The van der Waals surface area contributed by atoms with Gasteiger partial charge in [0.2, 0.25) is 0 Å². The topological polar surface area (TPSA) is 79.8 Å². The number of oxime groups is 1. The van der Waals surface area contributed by atoms with E-state index in [9.17, 15) is 9.59 Å². The average molecular weight is 519 g/mol. The summed E-state index contributed by atoms with van der Waals surface area (Å²) in [7, 11) is 0. The van der Waals surface area contributed by atoms with Crippen LogP contribution in [0.2, 0.25) is 15.1 Å². The van der Waals surface area contributed by atoms with E-state index >= 15 is 0 Å². The first-order chi connectivity index (χ1) is 16.4. The molecular weight excluding hydrogens is 497 g/mol. The van der Waals surface area contributed by atoms with E-state index < -0.39 is 11.9 Å². The molecule has 34 heavy (non-hydrogen) atoms. The molecule has 0 saturated heterocycles. The second-order valence-corrected chi connectivity index (χ2v) is 8.52. The van der Waals surface area contributed by atoms with Gasteiger partial charge in [0.25, 0.3) is 5.91 Å². The maximum absolute atomic E-state index is 12.2. The van der Waals surface area contributed by atoms with Crippen LogP contribution in [-0.4, -0.2) is 17.6 Å². The summed E-state index contributed by atoms with van der Waals surface area (Å²) in [5.74, 6) is -0.588. The average Bonchev–Trinajstić information content (AvgIpc) is 2.80. The Morgan fingerprint density at radius 3 is 2.32 bits per heavy atom. The van der Waals surface area contributed by atoms with Crippen LogP contribution in [0.4, 0.5) is 10.5 Å². The molecule has 9 heteroatoms. The van der Waals surface area contributed by atoms with Crippen molar-refractivity contribution in [2.75, 3.05) is 5.32 Å². The first-order valence-electron chi connectivity index (χ1n) is 10.5. The third-order valence-electron chi connectivity index (χ3n) is 4.69. The van der Waals surface area contributed by atoms with Gasteiger partial charge in [0.15, 0.2) is 0 Å². The van der Waals surface area contributed by atoms with Gasteiger partial charge in [-0.3, -0.25) is 10.1 Å². The second kappa shape index (κ2) is 12.4. The maximum atomic E-state index is 12.2. The van der Waals surface area contributed by atoms with E-state index in [0.29, 0.717) is 22.2 Å². The standard InChI is InChI=1S/C25H22Cl3N3O3/c1-2-5-23(19-13-10-17(26)14-22(19)28)31-34-15-16-8-11-18(12-9-16)29-25(33)30-24(32)20-6-3-4-7-21(20)27/h3-4,6-14H,2,5,15H2,1H3,(H2,29,30,32,33)/b31-23+. The second-order valence-electron chi connectivity index (χ2n) is 7.27. The van der Waals surface area contributed by atoms with Gasteiger partial charge in [-0.15, -0.1) is 0 Å². The third-order valence-corrected chi connectivity index (χ3v) is 5.57. The zero-order valence-electron chi connectivity index (χ0n) is 18.3. The van der Waals surface area contributed by atoms with Gasteiger partial charge in [-0.25, -0.2) is 4.79 Å². The van der Waals surface area contributed by atoms with Crippen LogP contribution < -0.4 is 10.6 Å². The number of hydrogen-bond donors (Lipinski definition) is 2. The first-order valence-corrected chi connectivity index (χ1v) is 11.6. The van der Waals surface area contributed by atoms with E-state index in [1.807, 2.05) is 13.0 Å². The Labute approximate surface area is 212 Å². The summed E-state index contributed by atoms with van der Waals surface area (Å²) in [4.78, 5) is 29.9. The van der Waals surface area contributed by atoms with Crippen molar-refractivity contribution in [3.05, 3.63) is 98.5 Å².